The lowest BCUT2D eigenvalue weighted by Gasteiger charge is -2.25. The molecule has 1 aliphatic rings. The molecule has 0 amide bonds. The summed E-state index contributed by atoms with van der Waals surface area (Å²) in [7, 11) is -3.39. The molecule has 0 saturated carbocycles. The number of thiophene rings is 1. The molecule has 0 unspecified atom stereocenters. The molecule has 1 aliphatic heterocycles. The normalized spacial score (nSPS) is 16.3. The first-order valence-electron chi connectivity index (χ1n) is 8.30. The van der Waals surface area contributed by atoms with Crippen LogP contribution in [0.5, 0.6) is 0 Å². The summed E-state index contributed by atoms with van der Waals surface area (Å²) in [5.41, 5.74) is 4.71. The van der Waals surface area contributed by atoms with Gasteiger partial charge in [-0.1, -0.05) is 24.3 Å². The van der Waals surface area contributed by atoms with Gasteiger partial charge in [-0.05, 0) is 44.0 Å². The highest BCUT2D eigenvalue weighted by Crippen LogP contribution is 2.34. The van der Waals surface area contributed by atoms with Gasteiger partial charge in [0, 0.05) is 40.1 Å². The number of fused-ring (bicyclic) bond motifs is 1. The van der Waals surface area contributed by atoms with Crippen molar-refractivity contribution in [1.82, 2.24) is 9.29 Å². The van der Waals surface area contributed by atoms with Crippen molar-refractivity contribution in [2.24, 2.45) is 0 Å². The van der Waals surface area contributed by atoms with Gasteiger partial charge in [-0.2, -0.15) is 4.31 Å². The second-order valence-electron chi connectivity index (χ2n) is 6.38. The Labute approximate surface area is 151 Å². The van der Waals surface area contributed by atoms with Crippen LogP contribution in [0.15, 0.2) is 46.7 Å². The monoisotopic (exact) mass is 372 g/mol. The Bertz CT molecular complexity index is 1070. The van der Waals surface area contributed by atoms with Crippen LogP contribution in [0.4, 0.5) is 0 Å². The van der Waals surface area contributed by atoms with Crippen LogP contribution in [0.25, 0.3) is 16.5 Å². The number of hydrogen-bond acceptors (Lipinski definition) is 3. The van der Waals surface area contributed by atoms with Crippen LogP contribution in [-0.4, -0.2) is 30.8 Å². The zero-order valence-corrected chi connectivity index (χ0v) is 15.9. The largest absolute Gasteiger partial charge is 0.358 e. The molecule has 1 aromatic carbocycles. The van der Waals surface area contributed by atoms with Gasteiger partial charge in [0.2, 0.25) is 0 Å². The lowest BCUT2D eigenvalue weighted by molar-refractivity contribution is 0.443. The molecule has 4 nitrogen and oxygen atoms in total. The maximum Gasteiger partial charge on any atom is 0.252 e. The van der Waals surface area contributed by atoms with Gasteiger partial charge in [0.15, 0.2) is 0 Å². The van der Waals surface area contributed by atoms with Crippen LogP contribution in [0.1, 0.15) is 22.6 Å². The molecule has 0 fully saturated rings. The Morgan fingerprint density at radius 3 is 2.60 bits per heavy atom. The lowest BCUT2D eigenvalue weighted by atomic mass is 9.97. The second kappa shape index (κ2) is 6.12. The highest BCUT2D eigenvalue weighted by molar-refractivity contribution is 7.91. The predicted octanol–water partition coefficient (Wildman–Crippen LogP) is 4.32. The fourth-order valence-corrected chi connectivity index (χ4v) is 6.28. The standard InChI is InChI=1S/C19H20N2O2S2/c1-13-7-8-18(24-13)25(22,23)21-11-9-15(10-12-21)19-14(2)20-17-6-4-3-5-16(17)19/h3-9,20H,10-12H2,1-2H3. The van der Waals surface area contributed by atoms with Gasteiger partial charge in [0.1, 0.15) is 4.21 Å². The third-order valence-electron chi connectivity index (χ3n) is 4.70. The van der Waals surface area contributed by atoms with Crippen molar-refractivity contribution in [3.8, 4) is 0 Å². The van der Waals surface area contributed by atoms with Crippen LogP contribution >= 0.6 is 11.3 Å². The molecule has 0 radical (unpaired) electrons. The quantitative estimate of drug-likeness (QED) is 0.744. The first-order chi connectivity index (χ1) is 12.0. The van der Waals surface area contributed by atoms with Gasteiger partial charge in [-0.15, -0.1) is 11.3 Å². The first-order valence-corrected chi connectivity index (χ1v) is 10.6. The van der Waals surface area contributed by atoms with Crippen molar-refractivity contribution < 1.29 is 8.42 Å². The Morgan fingerprint density at radius 2 is 1.92 bits per heavy atom. The zero-order valence-electron chi connectivity index (χ0n) is 14.2. The molecule has 2 aromatic heterocycles. The molecule has 6 heteroatoms. The van der Waals surface area contributed by atoms with Crippen LogP contribution in [0.2, 0.25) is 0 Å². The molecular formula is C19H20N2O2S2. The number of nitrogens with one attached hydrogen (secondary N) is 1. The summed E-state index contributed by atoms with van der Waals surface area (Å²) in [5.74, 6) is 0. The molecule has 3 aromatic rings. The van der Waals surface area contributed by atoms with Gasteiger partial charge in [-0.25, -0.2) is 8.42 Å². The highest BCUT2D eigenvalue weighted by Gasteiger charge is 2.28. The Morgan fingerprint density at radius 1 is 1.12 bits per heavy atom. The van der Waals surface area contributed by atoms with E-state index < -0.39 is 10.0 Å². The number of aromatic amines is 1. The molecular weight excluding hydrogens is 352 g/mol. The highest BCUT2D eigenvalue weighted by atomic mass is 32.2. The number of sulfonamides is 1. The lowest BCUT2D eigenvalue weighted by Crippen LogP contribution is -2.34. The Kier molecular flexibility index (Phi) is 4.06. The summed E-state index contributed by atoms with van der Waals surface area (Å²) in [6.45, 7) is 4.95. The van der Waals surface area contributed by atoms with E-state index in [-0.39, 0.29) is 0 Å². The molecule has 0 spiro atoms. The predicted molar refractivity (Wildman–Crippen MR) is 103 cm³/mol. The number of para-hydroxylation sites is 1. The third kappa shape index (κ3) is 2.84. The number of aryl methyl sites for hydroxylation is 2. The van der Waals surface area contributed by atoms with E-state index in [9.17, 15) is 8.42 Å². The van der Waals surface area contributed by atoms with Crippen LogP contribution in [0, 0.1) is 13.8 Å². The van der Waals surface area contributed by atoms with E-state index in [0.29, 0.717) is 17.3 Å². The van der Waals surface area contributed by atoms with Crippen molar-refractivity contribution in [1.29, 1.82) is 0 Å². The maximum atomic E-state index is 12.8. The van der Waals surface area contributed by atoms with E-state index in [0.717, 1.165) is 22.5 Å². The van der Waals surface area contributed by atoms with Gasteiger partial charge < -0.3 is 4.98 Å². The number of rotatable bonds is 3. The van der Waals surface area contributed by atoms with Crippen molar-refractivity contribution in [3.63, 3.8) is 0 Å². The molecule has 0 aliphatic carbocycles. The SMILES string of the molecule is Cc1ccc(S(=O)(=O)N2CC=C(c3c(C)[nH]c4ccccc34)CC2)s1. The minimum absolute atomic E-state index is 0.424. The van der Waals surface area contributed by atoms with E-state index >= 15 is 0 Å². The maximum absolute atomic E-state index is 12.8. The van der Waals surface area contributed by atoms with E-state index in [1.807, 2.05) is 25.1 Å². The molecule has 0 bridgehead atoms. The fraction of sp³-hybridized carbons (Fsp3) is 0.263. The first kappa shape index (κ1) is 16.6. The van der Waals surface area contributed by atoms with E-state index in [4.69, 9.17) is 0 Å². The van der Waals surface area contributed by atoms with Crippen LogP contribution in [-0.2, 0) is 10.0 Å². The van der Waals surface area contributed by atoms with Gasteiger partial charge >= 0.3 is 0 Å². The summed E-state index contributed by atoms with van der Waals surface area (Å²) >= 11 is 1.34. The molecule has 0 saturated heterocycles. The zero-order chi connectivity index (χ0) is 17.6. The molecule has 1 N–H and O–H groups in total. The molecule has 130 valence electrons. The molecule has 0 atom stereocenters. The smallest absolute Gasteiger partial charge is 0.252 e. The molecule has 4 rings (SSSR count). The number of H-pyrrole nitrogens is 1. The van der Waals surface area contributed by atoms with Gasteiger partial charge in [-0.3, -0.25) is 0 Å². The van der Waals surface area contributed by atoms with E-state index in [2.05, 4.69) is 30.1 Å². The topological polar surface area (TPSA) is 53.2 Å². The van der Waals surface area contributed by atoms with Crippen LogP contribution in [0.3, 0.4) is 0 Å². The average molecular weight is 373 g/mol. The third-order valence-corrected chi connectivity index (χ3v) is 8.03. The Balaban J connectivity index is 1.65. The summed E-state index contributed by atoms with van der Waals surface area (Å²) < 4.78 is 27.6. The summed E-state index contributed by atoms with van der Waals surface area (Å²) in [4.78, 5) is 4.44. The van der Waals surface area contributed by atoms with Crippen molar-refractivity contribution in [2.45, 2.75) is 24.5 Å². The number of benzene rings is 1. The number of nitrogens with zero attached hydrogens (tertiary/aromatic N) is 1. The van der Waals surface area contributed by atoms with Gasteiger partial charge in [0.05, 0.1) is 0 Å². The van der Waals surface area contributed by atoms with E-state index in [1.165, 1.54) is 27.9 Å². The second-order valence-corrected chi connectivity index (χ2v) is 9.83. The van der Waals surface area contributed by atoms with Crippen molar-refractivity contribution in [3.05, 3.63) is 58.6 Å². The molecule has 3 heterocycles. The summed E-state index contributed by atoms with van der Waals surface area (Å²) in [5, 5.41) is 1.21. The Hall–Kier alpha value is -1.89. The van der Waals surface area contributed by atoms with Gasteiger partial charge in [0.25, 0.3) is 10.0 Å². The number of hydrogen-bond donors (Lipinski definition) is 1. The molecule has 25 heavy (non-hydrogen) atoms. The average Bonchev–Trinajstić information content (AvgIpc) is 3.18. The summed E-state index contributed by atoms with van der Waals surface area (Å²) in [6, 6.07) is 11.8. The fourth-order valence-electron chi connectivity index (χ4n) is 3.46. The minimum Gasteiger partial charge on any atom is -0.358 e. The summed E-state index contributed by atoms with van der Waals surface area (Å²) in [6.07, 6.45) is 2.79. The minimum atomic E-state index is -3.39. The van der Waals surface area contributed by atoms with Crippen LogP contribution < -0.4 is 0 Å². The van der Waals surface area contributed by atoms with Crippen molar-refractivity contribution >= 4 is 37.8 Å². The number of aromatic nitrogens is 1. The van der Waals surface area contributed by atoms with E-state index in [1.54, 1.807) is 10.4 Å². The van der Waals surface area contributed by atoms with Crippen molar-refractivity contribution in [2.75, 3.05) is 13.1 Å².